The number of thioether (sulfide) groups is 1. The molecular formula is C11H12N4OS2. The number of nitrogens with zero attached hydrogens (tertiary/aromatic N) is 2. The van der Waals surface area contributed by atoms with E-state index in [9.17, 15) is 4.79 Å². The number of nitrogens with two attached hydrogens (primary N) is 1. The van der Waals surface area contributed by atoms with Gasteiger partial charge in [0, 0.05) is 18.1 Å². The number of aryl methyl sites for hydroxylation is 1. The van der Waals surface area contributed by atoms with Gasteiger partial charge in [0.1, 0.15) is 0 Å². The van der Waals surface area contributed by atoms with E-state index in [1.165, 1.54) is 23.1 Å². The van der Waals surface area contributed by atoms with Crippen LogP contribution in [0.25, 0.3) is 0 Å². The second kappa shape index (κ2) is 5.94. The van der Waals surface area contributed by atoms with Gasteiger partial charge in [0.05, 0.1) is 4.88 Å². The van der Waals surface area contributed by atoms with E-state index in [0.29, 0.717) is 15.8 Å². The molecule has 0 bridgehead atoms. The molecule has 0 aliphatic heterocycles. The summed E-state index contributed by atoms with van der Waals surface area (Å²) in [6, 6.07) is 1.91. The average Bonchev–Trinajstić information content (AvgIpc) is 2.85. The molecule has 0 unspecified atom stereocenters. The third-order valence-corrected chi connectivity index (χ3v) is 4.08. The Hall–Kier alpha value is -1.44. The summed E-state index contributed by atoms with van der Waals surface area (Å²) in [5, 5.41) is 2.57. The van der Waals surface area contributed by atoms with Crippen molar-refractivity contribution in [2.45, 2.75) is 17.8 Å². The van der Waals surface area contributed by atoms with Crippen molar-refractivity contribution in [1.82, 2.24) is 15.4 Å². The van der Waals surface area contributed by atoms with E-state index in [2.05, 4.69) is 15.4 Å². The normalized spacial score (nSPS) is 10.3. The van der Waals surface area contributed by atoms with Crippen LogP contribution in [0.2, 0.25) is 0 Å². The maximum absolute atomic E-state index is 11.5. The van der Waals surface area contributed by atoms with E-state index in [0.717, 1.165) is 11.1 Å². The number of hydrazine groups is 1. The van der Waals surface area contributed by atoms with Crippen LogP contribution in [0.4, 0.5) is 0 Å². The molecule has 0 spiro atoms. The lowest BCUT2D eigenvalue weighted by Crippen LogP contribution is -2.29. The Morgan fingerprint density at radius 3 is 2.89 bits per heavy atom. The summed E-state index contributed by atoms with van der Waals surface area (Å²) in [5.41, 5.74) is 4.11. The number of hydrogen-bond acceptors (Lipinski definition) is 6. The zero-order valence-corrected chi connectivity index (χ0v) is 11.3. The molecule has 18 heavy (non-hydrogen) atoms. The molecule has 0 radical (unpaired) electrons. The van der Waals surface area contributed by atoms with E-state index >= 15 is 0 Å². The van der Waals surface area contributed by atoms with Crippen molar-refractivity contribution in [2.24, 2.45) is 5.84 Å². The first-order chi connectivity index (χ1) is 8.70. The Morgan fingerprint density at radius 1 is 1.50 bits per heavy atom. The first-order valence-corrected chi connectivity index (χ1v) is 7.06. The Bertz CT molecular complexity index is 538. The lowest BCUT2D eigenvalue weighted by atomic mass is 10.3. The fourth-order valence-electron chi connectivity index (χ4n) is 1.31. The number of thiophene rings is 1. The fraction of sp³-hybridized carbons (Fsp3) is 0.182. The highest BCUT2D eigenvalue weighted by atomic mass is 32.2. The average molecular weight is 280 g/mol. The molecule has 94 valence electrons. The molecule has 2 heterocycles. The molecular weight excluding hydrogens is 268 g/mol. The summed E-state index contributed by atoms with van der Waals surface area (Å²) < 4.78 is 0. The third-order valence-electron chi connectivity index (χ3n) is 2.20. The first-order valence-electron chi connectivity index (χ1n) is 5.19. The number of amides is 1. The molecule has 7 heteroatoms. The van der Waals surface area contributed by atoms with Crippen LogP contribution in [0.1, 0.15) is 20.8 Å². The molecule has 5 nitrogen and oxygen atoms in total. The van der Waals surface area contributed by atoms with Crippen LogP contribution in [0.3, 0.4) is 0 Å². The SMILES string of the molecule is Cc1cnc(SCc2ccsc2C(=O)NN)nc1. The van der Waals surface area contributed by atoms with Crippen LogP contribution < -0.4 is 11.3 Å². The second-order valence-electron chi connectivity index (χ2n) is 3.58. The molecule has 0 fully saturated rings. The maximum Gasteiger partial charge on any atom is 0.275 e. The number of aromatic nitrogens is 2. The van der Waals surface area contributed by atoms with E-state index < -0.39 is 0 Å². The summed E-state index contributed by atoms with van der Waals surface area (Å²) in [6.07, 6.45) is 3.55. The van der Waals surface area contributed by atoms with E-state index in [1.807, 2.05) is 18.4 Å². The van der Waals surface area contributed by atoms with Gasteiger partial charge in [-0.1, -0.05) is 11.8 Å². The van der Waals surface area contributed by atoms with E-state index in [4.69, 9.17) is 5.84 Å². The van der Waals surface area contributed by atoms with Gasteiger partial charge in [-0.25, -0.2) is 15.8 Å². The Labute approximate surface area is 113 Å². The van der Waals surface area contributed by atoms with Crippen molar-refractivity contribution in [3.8, 4) is 0 Å². The van der Waals surface area contributed by atoms with Gasteiger partial charge in [0.25, 0.3) is 5.91 Å². The zero-order chi connectivity index (χ0) is 13.0. The standard InChI is InChI=1S/C11H12N4OS2/c1-7-4-13-11(14-5-7)18-6-8-2-3-17-9(8)10(16)15-12/h2-5H,6,12H2,1H3,(H,15,16). The van der Waals surface area contributed by atoms with Crippen molar-refractivity contribution in [2.75, 3.05) is 0 Å². The molecule has 2 aromatic heterocycles. The summed E-state index contributed by atoms with van der Waals surface area (Å²) in [6.45, 7) is 1.94. The van der Waals surface area contributed by atoms with Gasteiger partial charge >= 0.3 is 0 Å². The Balaban J connectivity index is 2.04. The molecule has 3 N–H and O–H groups in total. The Morgan fingerprint density at radius 2 is 2.22 bits per heavy atom. The van der Waals surface area contributed by atoms with Crippen LogP contribution in [0.5, 0.6) is 0 Å². The molecule has 0 aliphatic rings. The van der Waals surface area contributed by atoms with Gasteiger partial charge in [-0.2, -0.15) is 0 Å². The number of nitrogens with one attached hydrogen (secondary N) is 1. The largest absolute Gasteiger partial charge is 0.289 e. The highest BCUT2D eigenvalue weighted by Crippen LogP contribution is 2.24. The summed E-state index contributed by atoms with van der Waals surface area (Å²) >= 11 is 2.87. The van der Waals surface area contributed by atoms with Gasteiger partial charge in [0.2, 0.25) is 0 Å². The summed E-state index contributed by atoms with van der Waals surface area (Å²) in [5.74, 6) is 5.52. The molecule has 1 amide bonds. The van der Waals surface area contributed by atoms with Crippen LogP contribution in [-0.4, -0.2) is 15.9 Å². The van der Waals surface area contributed by atoms with Crippen LogP contribution >= 0.6 is 23.1 Å². The number of carbonyl (C=O) groups excluding carboxylic acids is 1. The van der Waals surface area contributed by atoms with Gasteiger partial charge in [0.15, 0.2) is 5.16 Å². The number of nitrogen functional groups attached to an aromatic ring is 1. The van der Waals surface area contributed by atoms with Crippen LogP contribution in [0, 0.1) is 6.92 Å². The number of carbonyl (C=O) groups is 1. The number of hydrogen-bond donors (Lipinski definition) is 2. The fourth-order valence-corrected chi connectivity index (χ4v) is 3.01. The smallest absolute Gasteiger partial charge is 0.275 e. The first kappa shape index (κ1) is 13.0. The summed E-state index contributed by atoms with van der Waals surface area (Å²) in [7, 11) is 0. The molecule has 0 aliphatic carbocycles. The minimum atomic E-state index is -0.259. The van der Waals surface area contributed by atoms with Gasteiger partial charge in [-0.05, 0) is 29.5 Å². The maximum atomic E-state index is 11.5. The van der Waals surface area contributed by atoms with Crippen molar-refractivity contribution >= 4 is 29.0 Å². The lowest BCUT2D eigenvalue weighted by Gasteiger charge is -2.02. The molecule has 0 saturated carbocycles. The van der Waals surface area contributed by atoms with Crippen molar-refractivity contribution in [1.29, 1.82) is 0 Å². The Kier molecular flexibility index (Phi) is 4.29. The molecule has 2 rings (SSSR count). The second-order valence-corrected chi connectivity index (χ2v) is 5.44. The minimum Gasteiger partial charge on any atom is -0.289 e. The van der Waals surface area contributed by atoms with Crippen molar-refractivity contribution in [3.63, 3.8) is 0 Å². The van der Waals surface area contributed by atoms with Crippen molar-refractivity contribution in [3.05, 3.63) is 39.8 Å². The quantitative estimate of drug-likeness (QED) is 0.293. The highest BCUT2D eigenvalue weighted by molar-refractivity contribution is 7.98. The predicted octanol–water partition coefficient (Wildman–Crippen LogP) is 1.74. The van der Waals surface area contributed by atoms with Crippen molar-refractivity contribution < 1.29 is 4.79 Å². The monoisotopic (exact) mass is 280 g/mol. The molecule has 2 aromatic rings. The van der Waals surface area contributed by atoms with Crippen LogP contribution in [-0.2, 0) is 5.75 Å². The van der Waals surface area contributed by atoms with Crippen LogP contribution in [0.15, 0.2) is 29.0 Å². The predicted molar refractivity (Wildman–Crippen MR) is 72.3 cm³/mol. The number of rotatable bonds is 4. The topological polar surface area (TPSA) is 80.9 Å². The van der Waals surface area contributed by atoms with Gasteiger partial charge in [-0.15, -0.1) is 11.3 Å². The zero-order valence-electron chi connectivity index (χ0n) is 9.71. The molecule has 0 saturated heterocycles. The molecule has 0 atom stereocenters. The summed E-state index contributed by atoms with van der Waals surface area (Å²) in [4.78, 5) is 20.5. The van der Waals surface area contributed by atoms with E-state index in [1.54, 1.807) is 12.4 Å². The van der Waals surface area contributed by atoms with E-state index in [-0.39, 0.29) is 5.91 Å². The highest BCUT2D eigenvalue weighted by Gasteiger charge is 2.12. The van der Waals surface area contributed by atoms with Gasteiger partial charge < -0.3 is 0 Å². The van der Waals surface area contributed by atoms with Gasteiger partial charge in [-0.3, -0.25) is 10.2 Å². The molecule has 0 aromatic carbocycles. The lowest BCUT2D eigenvalue weighted by molar-refractivity contribution is 0.0957. The third kappa shape index (κ3) is 3.06. The minimum absolute atomic E-state index is 0.259.